The molecule has 118 valence electrons. The quantitative estimate of drug-likeness (QED) is 0.657. The van der Waals surface area contributed by atoms with E-state index in [2.05, 4.69) is 38.7 Å². The molecule has 1 aromatic carbocycles. The second-order valence-corrected chi connectivity index (χ2v) is 7.10. The monoisotopic (exact) mass is 289 g/mol. The predicted molar refractivity (Wildman–Crippen MR) is 91.0 cm³/mol. The van der Waals surface area contributed by atoms with Gasteiger partial charge >= 0.3 is 0 Å². The summed E-state index contributed by atoms with van der Waals surface area (Å²) >= 11 is 0. The Hall–Kier alpha value is -1.15. The van der Waals surface area contributed by atoms with Gasteiger partial charge in [-0.2, -0.15) is 0 Å². The lowest BCUT2D eigenvalue weighted by molar-refractivity contribution is 0.0956. The van der Waals surface area contributed by atoms with E-state index in [1.807, 2.05) is 26.0 Å². The van der Waals surface area contributed by atoms with E-state index in [1.54, 1.807) is 0 Å². The zero-order valence-corrected chi connectivity index (χ0v) is 14.6. The molecule has 0 spiro atoms. The van der Waals surface area contributed by atoms with E-state index in [9.17, 15) is 4.79 Å². The molecular weight excluding hydrogens is 258 g/mol. The van der Waals surface area contributed by atoms with Crippen LogP contribution in [0.2, 0.25) is 0 Å². The molecule has 0 radical (unpaired) electrons. The molecule has 1 aromatic rings. The van der Waals surface area contributed by atoms with E-state index in [4.69, 9.17) is 0 Å². The van der Waals surface area contributed by atoms with Gasteiger partial charge < -0.3 is 4.90 Å². The first-order valence-corrected chi connectivity index (χ1v) is 8.11. The smallest absolute Gasteiger partial charge is 0.164 e. The summed E-state index contributed by atoms with van der Waals surface area (Å²) in [5.41, 5.74) is 3.20. The van der Waals surface area contributed by atoms with Gasteiger partial charge in [0.25, 0.3) is 0 Å². The summed E-state index contributed by atoms with van der Waals surface area (Å²) in [6.45, 7) is 16.0. The minimum Gasteiger partial charge on any atom is -0.302 e. The van der Waals surface area contributed by atoms with Crippen LogP contribution in [-0.4, -0.2) is 30.3 Å². The first-order chi connectivity index (χ1) is 9.77. The normalized spacial score (nSPS) is 11.7. The molecule has 0 heterocycles. The third-order valence-corrected chi connectivity index (χ3v) is 3.45. The number of ketones is 1. The van der Waals surface area contributed by atoms with Gasteiger partial charge in [-0.15, -0.1) is 0 Å². The topological polar surface area (TPSA) is 20.3 Å². The highest BCUT2D eigenvalue weighted by molar-refractivity contribution is 5.96. The van der Waals surface area contributed by atoms with E-state index in [1.165, 1.54) is 11.1 Å². The van der Waals surface area contributed by atoms with Crippen LogP contribution in [0.5, 0.6) is 0 Å². The summed E-state index contributed by atoms with van der Waals surface area (Å²) in [6.07, 6.45) is 0.613. The molecule has 0 saturated carbocycles. The molecule has 0 fully saturated rings. The van der Waals surface area contributed by atoms with Crippen LogP contribution in [0, 0.1) is 25.7 Å². The van der Waals surface area contributed by atoms with Crippen molar-refractivity contribution in [1.29, 1.82) is 0 Å². The molecule has 21 heavy (non-hydrogen) atoms. The Balaban J connectivity index is 2.63. The average molecular weight is 289 g/mol. The summed E-state index contributed by atoms with van der Waals surface area (Å²) in [5, 5.41) is 0. The lowest BCUT2D eigenvalue weighted by Crippen LogP contribution is -2.33. The van der Waals surface area contributed by atoms with E-state index >= 15 is 0 Å². The largest absolute Gasteiger partial charge is 0.302 e. The number of carbonyl (C=O) groups is 1. The summed E-state index contributed by atoms with van der Waals surface area (Å²) in [6, 6.07) is 6.12. The molecule has 0 bridgehead atoms. The lowest BCUT2D eigenvalue weighted by atomic mass is 10.0. The molecule has 2 heteroatoms. The molecule has 0 aliphatic rings. The third-order valence-electron chi connectivity index (χ3n) is 3.45. The van der Waals surface area contributed by atoms with Crippen molar-refractivity contribution in [2.45, 2.75) is 48.0 Å². The Bertz CT molecular complexity index is 432. The maximum Gasteiger partial charge on any atom is 0.164 e. The highest BCUT2D eigenvalue weighted by atomic mass is 16.1. The zero-order valence-electron chi connectivity index (χ0n) is 14.6. The van der Waals surface area contributed by atoms with E-state index in [0.29, 0.717) is 18.3 Å². The van der Waals surface area contributed by atoms with Crippen molar-refractivity contribution >= 4 is 5.78 Å². The molecule has 0 aliphatic heterocycles. The highest BCUT2D eigenvalue weighted by Crippen LogP contribution is 2.12. The van der Waals surface area contributed by atoms with Crippen LogP contribution in [0.3, 0.4) is 0 Å². The Labute approximate surface area is 130 Å². The van der Waals surface area contributed by atoms with Gasteiger partial charge in [-0.1, -0.05) is 44.9 Å². The van der Waals surface area contributed by atoms with Gasteiger partial charge in [-0.3, -0.25) is 4.79 Å². The average Bonchev–Trinajstić information content (AvgIpc) is 2.32. The maximum atomic E-state index is 12.4. The molecule has 0 amide bonds. The van der Waals surface area contributed by atoms with Gasteiger partial charge in [0.15, 0.2) is 5.78 Å². The Morgan fingerprint density at radius 3 is 1.86 bits per heavy atom. The molecule has 0 atom stereocenters. The summed E-state index contributed by atoms with van der Waals surface area (Å²) in [5.74, 6) is 1.54. The molecule has 0 N–H and O–H groups in total. The fourth-order valence-electron chi connectivity index (χ4n) is 2.83. The first-order valence-electron chi connectivity index (χ1n) is 8.11. The first kappa shape index (κ1) is 17.9. The number of aryl methyl sites for hydroxylation is 2. The number of carbonyl (C=O) groups excluding carboxylic acids is 1. The summed E-state index contributed by atoms with van der Waals surface area (Å²) in [4.78, 5) is 14.8. The van der Waals surface area contributed by atoms with Crippen LogP contribution in [0.1, 0.15) is 55.6 Å². The minimum atomic E-state index is 0.263. The fourth-order valence-corrected chi connectivity index (χ4v) is 2.83. The molecule has 2 nitrogen and oxygen atoms in total. The van der Waals surface area contributed by atoms with Crippen molar-refractivity contribution in [2.75, 3.05) is 19.6 Å². The van der Waals surface area contributed by atoms with Crippen molar-refractivity contribution in [1.82, 2.24) is 4.90 Å². The second-order valence-electron chi connectivity index (χ2n) is 7.10. The number of Topliss-reactive ketones (excluding diaryl/α,β-unsaturated/α-hetero) is 1. The molecule has 1 rings (SSSR count). The van der Waals surface area contributed by atoms with Gasteiger partial charge in [0.05, 0.1) is 0 Å². The van der Waals surface area contributed by atoms with Crippen molar-refractivity contribution in [3.8, 4) is 0 Å². The second kappa shape index (κ2) is 8.33. The predicted octanol–water partition coefficient (Wildman–Crippen LogP) is 4.49. The van der Waals surface area contributed by atoms with Crippen molar-refractivity contribution < 1.29 is 4.79 Å². The molecule has 0 unspecified atom stereocenters. The van der Waals surface area contributed by atoms with Gasteiger partial charge in [0, 0.05) is 31.6 Å². The fraction of sp³-hybridized carbons (Fsp3) is 0.632. The van der Waals surface area contributed by atoms with Crippen LogP contribution in [0.4, 0.5) is 0 Å². The van der Waals surface area contributed by atoms with Crippen LogP contribution in [0.25, 0.3) is 0 Å². The molecular formula is C19H31NO. The van der Waals surface area contributed by atoms with Gasteiger partial charge in [-0.25, -0.2) is 0 Å². The number of nitrogens with zero attached hydrogens (tertiary/aromatic N) is 1. The number of hydrogen-bond donors (Lipinski definition) is 0. The van der Waals surface area contributed by atoms with E-state index < -0.39 is 0 Å². The van der Waals surface area contributed by atoms with Gasteiger partial charge in [0.1, 0.15) is 0 Å². The number of rotatable bonds is 8. The van der Waals surface area contributed by atoms with Gasteiger partial charge in [-0.05, 0) is 37.8 Å². The Kier molecular flexibility index (Phi) is 7.10. The van der Waals surface area contributed by atoms with Crippen molar-refractivity contribution in [3.63, 3.8) is 0 Å². The van der Waals surface area contributed by atoms with Crippen LogP contribution in [0.15, 0.2) is 18.2 Å². The third kappa shape index (κ3) is 6.90. The summed E-state index contributed by atoms with van der Waals surface area (Å²) < 4.78 is 0. The maximum absolute atomic E-state index is 12.4. The lowest BCUT2D eigenvalue weighted by Gasteiger charge is -2.25. The Morgan fingerprint density at radius 2 is 1.43 bits per heavy atom. The molecule has 0 saturated heterocycles. The van der Waals surface area contributed by atoms with Crippen LogP contribution in [-0.2, 0) is 0 Å². The van der Waals surface area contributed by atoms with Crippen LogP contribution >= 0.6 is 0 Å². The minimum absolute atomic E-state index is 0.263. The summed E-state index contributed by atoms with van der Waals surface area (Å²) in [7, 11) is 0. The number of benzene rings is 1. The number of hydrogen-bond acceptors (Lipinski definition) is 2. The van der Waals surface area contributed by atoms with E-state index in [0.717, 1.165) is 25.2 Å². The van der Waals surface area contributed by atoms with Crippen molar-refractivity contribution in [3.05, 3.63) is 34.9 Å². The van der Waals surface area contributed by atoms with Crippen LogP contribution < -0.4 is 0 Å². The highest BCUT2D eigenvalue weighted by Gasteiger charge is 2.13. The Morgan fingerprint density at radius 1 is 0.952 bits per heavy atom. The SMILES string of the molecule is Cc1cc(C)cc(C(=O)CCN(CC(C)C)CC(C)C)c1. The van der Waals surface area contributed by atoms with Gasteiger partial charge in [0.2, 0.25) is 0 Å². The van der Waals surface area contributed by atoms with E-state index in [-0.39, 0.29) is 5.78 Å². The molecule has 0 aliphatic carbocycles. The van der Waals surface area contributed by atoms with Crippen molar-refractivity contribution in [2.24, 2.45) is 11.8 Å². The zero-order chi connectivity index (χ0) is 16.0. The molecule has 0 aromatic heterocycles. The standard InChI is InChI=1S/C19H31NO/c1-14(2)12-20(13-15(3)4)8-7-19(21)18-10-16(5)9-17(6)11-18/h9-11,14-15H,7-8,12-13H2,1-6H3.